The van der Waals surface area contributed by atoms with Gasteiger partial charge in [-0.3, -0.25) is 4.79 Å². The summed E-state index contributed by atoms with van der Waals surface area (Å²) in [7, 11) is -0.930. The van der Waals surface area contributed by atoms with Crippen molar-refractivity contribution in [3.63, 3.8) is 0 Å². The van der Waals surface area contributed by atoms with Gasteiger partial charge in [-0.2, -0.15) is 0 Å². The molecule has 78 valence electrons. The first-order valence-corrected chi connectivity index (χ1v) is 7.62. The molecule has 0 aliphatic heterocycles. The number of rotatable bonds is 6. The predicted octanol–water partition coefficient (Wildman–Crippen LogP) is 2.78. The van der Waals surface area contributed by atoms with Crippen molar-refractivity contribution < 1.29 is 9.90 Å². The van der Waals surface area contributed by atoms with Crippen molar-refractivity contribution in [2.45, 2.75) is 27.7 Å². The second kappa shape index (κ2) is 5.59. The molecule has 0 bridgehead atoms. The zero-order valence-corrected chi connectivity index (χ0v) is 10.1. The van der Waals surface area contributed by atoms with Crippen LogP contribution in [0.5, 0.6) is 0 Å². The lowest BCUT2D eigenvalue weighted by atomic mass is 10.2. The van der Waals surface area contributed by atoms with Gasteiger partial charge >= 0.3 is 5.97 Å². The predicted molar refractivity (Wildman–Crippen MR) is 60.2 cm³/mol. The highest BCUT2D eigenvalue weighted by atomic mass is 31.2. The average molecular weight is 205 g/mol. The average Bonchev–Trinajstić information content (AvgIpc) is 2.14. The maximum absolute atomic E-state index is 10.7. The van der Waals surface area contributed by atoms with Crippen LogP contribution in [-0.4, -0.2) is 35.7 Å². The summed E-state index contributed by atoms with van der Waals surface area (Å²) in [5.41, 5.74) is 0. The SMILES string of the molecule is CC[P+](CC)(CC)CC(C)C(=O)O. The topological polar surface area (TPSA) is 37.3 Å². The van der Waals surface area contributed by atoms with Crippen LogP contribution in [0.1, 0.15) is 27.7 Å². The Bertz CT molecular complexity index is 156. The summed E-state index contributed by atoms with van der Waals surface area (Å²) in [4.78, 5) is 10.7. The molecule has 0 saturated carbocycles. The van der Waals surface area contributed by atoms with Gasteiger partial charge in [0, 0.05) is 7.26 Å². The summed E-state index contributed by atoms with van der Waals surface area (Å²) in [6.45, 7) is 8.44. The lowest BCUT2D eigenvalue weighted by Gasteiger charge is -2.25. The minimum absolute atomic E-state index is 0.159. The van der Waals surface area contributed by atoms with E-state index in [0.29, 0.717) is 0 Å². The molecule has 0 fully saturated rings. The highest BCUT2D eigenvalue weighted by Crippen LogP contribution is 2.58. The quantitative estimate of drug-likeness (QED) is 0.677. The third-order valence-corrected chi connectivity index (χ3v) is 8.44. The Morgan fingerprint density at radius 2 is 1.62 bits per heavy atom. The Hall–Kier alpha value is -0.100. The van der Waals surface area contributed by atoms with Gasteiger partial charge < -0.3 is 5.11 Å². The minimum Gasteiger partial charge on any atom is -0.481 e. The molecule has 0 spiro atoms. The molecule has 2 nitrogen and oxygen atoms in total. The van der Waals surface area contributed by atoms with Crippen LogP contribution in [-0.2, 0) is 4.79 Å². The van der Waals surface area contributed by atoms with Gasteiger partial charge in [0.25, 0.3) is 0 Å². The van der Waals surface area contributed by atoms with Crippen LogP contribution in [0.25, 0.3) is 0 Å². The highest BCUT2D eigenvalue weighted by molar-refractivity contribution is 7.75. The molecule has 1 N–H and O–H groups in total. The van der Waals surface area contributed by atoms with Crippen LogP contribution >= 0.6 is 7.26 Å². The van der Waals surface area contributed by atoms with E-state index in [1.807, 2.05) is 6.92 Å². The lowest BCUT2D eigenvalue weighted by Crippen LogP contribution is -2.19. The van der Waals surface area contributed by atoms with Gasteiger partial charge in [0.1, 0.15) is 0 Å². The fourth-order valence-electron chi connectivity index (χ4n) is 1.72. The third kappa shape index (κ3) is 3.64. The maximum Gasteiger partial charge on any atom is 0.309 e. The van der Waals surface area contributed by atoms with Crippen molar-refractivity contribution in [2.75, 3.05) is 24.6 Å². The Balaban J connectivity index is 4.32. The summed E-state index contributed by atoms with van der Waals surface area (Å²) < 4.78 is 0. The smallest absolute Gasteiger partial charge is 0.309 e. The fraction of sp³-hybridized carbons (Fsp3) is 0.900. The largest absolute Gasteiger partial charge is 0.481 e. The molecule has 0 heterocycles. The van der Waals surface area contributed by atoms with Crippen LogP contribution in [0, 0.1) is 5.92 Å². The molecule has 13 heavy (non-hydrogen) atoms. The number of carboxylic acid groups (broad SMARTS) is 1. The van der Waals surface area contributed by atoms with Crippen LogP contribution in [0.4, 0.5) is 0 Å². The van der Waals surface area contributed by atoms with Gasteiger partial charge in [-0.15, -0.1) is 0 Å². The molecule has 0 aromatic heterocycles. The summed E-state index contributed by atoms with van der Waals surface area (Å²) in [5, 5.41) is 8.85. The molecule has 1 atom stereocenters. The molecule has 0 rings (SSSR count). The number of hydrogen-bond acceptors (Lipinski definition) is 1. The zero-order valence-electron chi connectivity index (χ0n) is 9.21. The van der Waals surface area contributed by atoms with Gasteiger partial charge in [0.15, 0.2) is 0 Å². The van der Waals surface area contributed by atoms with E-state index in [4.69, 9.17) is 5.11 Å². The van der Waals surface area contributed by atoms with Crippen molar-refractivity contribution in [1.29, 1.82) is 0 Å². The van der Waals surface area contributed by atoms with E-state index in [9.17, 15) is 4.79 Å². The maximum atomic E-state index is 10.7. The molecule has 0 amide bonds. The second-order valence-electron chi connectivity index (χ2n) is 3.71. The van der Waals surface area contributed by atoms with Crippen molar-refractivity contribution in [1.82, 2.24) is 0 Å². The first kappa shape index (κ1) is 12.9. The van der Waals surface area contributed by atoms with E-state index in [2.05, 4.69) is 20.8 Å². The minimum atomic E-state index is -0.930. The molecule has 0 aliphatic carbocycles. The molecule has 1 unspecified atom stereocenters. The van der Waals surface area contributed by atoms with Crippen LogP contribution < -0.4 is 0 Å². The van der Waals surface area contributed by atoms with Crippen molar-refractivity contribution in [3.8, 4) is 0 Å². The molecule has 0 aromatic rings. The summed E-state index contributed by atoms with van der Waals surface area (Å²) >= 11 is 0. The number of carbonyl (C=O) groups is 1. The molecule has 0 aliphatic rings. The standard InChI is InChI=1S/C10H21O2P/c1-5-13(6-2,7-3)8-9(4)10(11)12/h9H,5-8H2,1-4H3/p+1. The van der Waals surface area contributed by atoms with Crippen LogP contribution in [0.2, 0.25) is 0 Å². The molecule has 0 saturated heterocycles. The fourth-order valence-corrected chi connectivity index (χ4v) is 5.15. The Morgan fingerprint density at radius 1 is 1.23 bits per heavy atom. The van der Waals surface area contributed by atoms with Crippen molar-refractivity contribution >= 4 is 13.2 Å². The monoisotopic (exact) mass is 205 g/mol. The Labute approximate surface area is 82.1 Å². The van der Waals surface area contributed by atoms with E-state index < -0.39 is 13.2 Å². The Kier molecular flexibility index (Phi) is 5.55. The van der Waals surface area contributed by atoms with Crippen molar-refractivity contribution in [2.24, 2.45) is 5.92 Å². The molecule has 3 heteroatoms. The van der Waals surface area contributed by atoms with Gasteiger partial charge in [-0.05, 0) is 27.7 Å². The van der Waals surface area contributed by atoms with E-state index in [0.717, 1.165) is 6.16 Å². The van der Waals surface area contributed by atoms with Gasteiger partial charge in [-0.1, -0.05) is 0 Å². The normalized spacial score (nSPS) is 14.2. The zero-order chi connectivity index (χ0) is 10.5. The molecule has 0 aromatic carbocycles. The van der Waals surface area contributed by atoms with E-state index in [1.165, 1.54) is 18.5 Å². The number of carboxylic acids is 1. The van der Waals surface area contributed by atoms with Crippen LogP contribution in [0.15, 0.2) is 0 Å². The van der Waals surface area contributed by atoms with Crippen LogP contribution in [0.3, 0.4) is 0 Å². The van der Waals surface area contributed by atoms with Crippen molar-refractivity contribution in [3.05, 3.63) is 0 Å². The van der Waals surface area contributed by atoms with E-state index >= 15 is 0 Å². The molecule has 0 radical (unpaired) electrons. The molecular formula is C10H22O2P+. The third-order valence-electron chi connectivity index (χ3n) is 3.10. The lowest BCUT2D eigenvalue weighted by molar-refractivity contribution is -0.140. The highest BCUT2D eigenvalue weighted by Gasteiger charge is 2.35. The van der Waals surface area contributed by atoms with E-state index in [-0.39, 0.29) is 5.92 Å². The second-order valence-corrected chi connectivity index (χ2v) is 8.66. The van der Waals surface area contributed by atoms with Gasteiger partial charge in [0.2, 0.25) is 0 Å². The first-order chi connectivity index (χ1) is 6.01. The molecular weight excluding hydrogens is 183 g/mol. The number of aliphatic carboxylic acids is 1. The summed E-state index contributed by atoms with van der Waals surface area (Å²) in [5.74, 6) is -0.798. The summed E-state index contributed by atoms with van der Waals surface area (Å²) in [6, 6.07) is 0. The Morgan fingerprint density at radius 3 is 1.85 bits per heavy atom. The first-order valence-electron chi connectivity index (χ1n) is 5.09. The van der Waals surface area contributed by atoms with Gasteiger partial charge in [-0.25, -0.2) is 0 Å². The number of hydrogen-bond donors (Lipinski definition) is 1. The summed E-state index contributed by atoms with van der Waals surface area (Å²) in [6.07, 6.45) is 4.50. The van der Waals surface area contributed by atoms with Gasteiger partial charge in [0.05, 0.1) is 30.6 Å². The van der Waals surface area contributed by atoms with E-state index in [1.54, 1.807) is 0 Å².